The van der Waals surface area contributed by atoms with Gasteiger partial charge in [0.2, 0.25) is 0 Å². The molecule has 0 bridgehead atoms. The highest BCUT2D eigenvalue weighted by Crippen LogP contribution is 2.07. The van der Waals surface area contributed by atoms with Crippen LogP contribution < -0.4 is 5.73 Å². The molecule has 0 radical (unpaired) electrons. The standard InChI is InChI=1S/C10H19NO2/c1-8(2)5-4-6-9(3)7-13-10(11)12/h5,9H,4,6-7H2,1-3H3,(H2,11,12). The van der Waals surface area contributed by atoms with Gasteiger partial charge in [-0.1, -0.05) is 18.6 Å². The maximum atomic E-state index is 10.3. The number of rotatable bonds is 5. The molecule has 1 amide bonds. The molecule has 2 N–H and O–H groups in total. The first-order valence-electron chi connectivity index (χ1n) is 4.58. The maximum absolute atomic E-state index is 10.3. The van der Waals surface area contributed by atoms with Gasteiger partial charge in [-0.25, -0.2) is 4.79 Å². The van der Waals surface area contributed by atoms with Crippen LogP contribution in [-0.4, -0.2) is 12.7 Å². The molecule has 0 heterocycles. The minimum atomic E-state index is -0.686. The lowest BCUT2D eigenvalue weighted by atomic mass is 10.1. The fourth-order valence-electron chi connectivity index (χ4n) is 0.964. The van der Waals surface area contributed by atoms with E-state index >= 15 is 0 Å². The van der Waals surface area contributed by atoms with E-state index in [1.54, 1.807) is 0 Å². The number of primary amides is 1. The minimum Gasteiger partial charge on any atom is -0.449 e. The molecule has 0 fully saturated rings. The zero-order chi connectivity index (χ0) is 10.3. The first kappa shape index (κ1) is 12.0. The first-order chi connectivity index (χ1) is 6.02. The first-order valence-corrected chi connectivity index (χ1v) is 4.58. The van der Waals surface area contributed by atoms with Crippen LogP contribution in [0.15, 0.2) is 11.6 Å². The summed E-state index contributed by atoms with van der Waals surface area (Å²) in [5.41, 5.74) is 6.17. The van der Waals surface area contributed by atoms with Gasteiger partial charge in [-0.3, -0.25) is 0 Å². The predicted molar refractivity (Wildman–Crippen MR) is 53.4 cm³/mol. The summed E-state index contributed by atoms with van der Waals surface area (Å²) in [6.07, 6.45) is 3.55. The van der Waals surface area contributed by atoms with E-state index in [2.05, 4.69) is 24.7 Å². The van der Waals surface area contributed by atoms with E-state index in [1.807, 2.05) is 6.92 Å². The Morgan fingerprint density at radius 3 is 2.62 bits per heavy atom. The summed E-state index contributed by atoms with van der Waals surface area (Å²) in [7, 11) is 0. The second-order valence-electron chi connectivity index (χ2n) is 3.59. The van der Waals surface area contributed by atoms with Gasteiger partial charge in [0.1, 0.15) is 0 Å². The van der Waals surface area contributed by atoms with Gasteiger partial charge in [-0.15, -0.1) is 0 Å². The molecule has 0 aromatic rings. The van der Waals surface area contributed by atoms with Crippen LogP contribution in [0.25, 0.3) is 0 Å². The van der Waals surface area contributed by atoms with Crippen LogP contribution in [0, 0.1) is 5.92 Å². The van der Waals surface area contributed by atoms with Gasteiger partial charge in [-0.05, 0) is 32.6 Å². The minimum absolute atomic E-state index is 0.378. The Balaban J connectivity index is 3.46. The summed E-state index contributed by atoms with van der Waals surface area (Å²) in [5, 5.41) is 0. The topological polar surface area (TPSA) is 52.3 Å². The molecule has 13 heavy (non-hydrogen) atoms. The van der Waals surface area contributed by atoms with Crippen LogP contribution >= 0.6 is 0 Å². The Labute approximate surface area is 79.9 Å². The monoisotopic (exact) mass is 185 g/mol. The Hall–Kier alpha value is -0.990. The molecule has 0 aromatic carbocycles. The molecule has 1 atom stereocenters. The van der Waals surface area contributed by atoms with Crippen LogP contribution in [0.3, 0.4) is 0 Å². The highest BCUT2D eigenvalue weighted by Gasteiger charge is 2.02. The van der Waals surface area contributed by atoms with Crippen molar-refractivity contribution in [3.05, 3.63) is 11.6 Å². The van der Waals surface area contributed by atoms with Crippen LogP contribution in [0.4, 0.5) is 4.79 Å². The molecular weight excluding hydrogens is 166 g/mol. The van der Waals surface area contributed by atoms with E-state index < -0.39 is 6.09 Å². The fourth-order valence-corrected chi connectivity index (χ4v) is 0.964. The number of allylic oxidation sites excluding steroid dienone is 2. The lowest BCUT2D eigenvalue weighted by Gasteiger charge is -2.08. The van der Waals surface area contributed by atoms with Crippen LogP contribution in [0.2, 0.25) is 0 Å². The maximum Gasteiger partial charge on any atom is 0.404 e. The number of carbonyl (C=O) groups is 1. The van der Waals surface area contributed by atoms with E-state index in [-0.39, 0.29) is 0 Å². The molecule has 0 aliphatic carbocycles. The van der Waals surface area contributed by atoms with E-state index in [1.165, 1.54) is 5.57 Å². The molecule has 3 nitrogen and oxygen atoms in total. The second kappa shape index (κ2) is 6.52. The van der Waals surface area contributed by atoms with Crippen molar-refractivity contribution in [2.75, 3.05) is 6.61 Å². The van der Waals surface area contributed by atoms with Gasteiger partial charge in [0.15, 0.2) is 0 Å². The summed E-state index contributed by atoms with van der Waals surface area (Å²) < 4.78 is 4.68. The summed E-state index contributed by atoms with van der Waals surface area (Å²) in [5.74, 6) is 0.378. The Kier molecular flexibility index (Phi) is 6.02. The summed E-state index contributed by atoms with van der Waals surface area (Å²) in [4.78, 5) is 10.3. The Morgan fingerprint density at radius 1 is 1.54 bits per heavy atom. The van der Waals surface area contributed by atoms with Crippen molar-refractivity contribution >= 4 is 6.09 Å². The lowest BCUT2D eigenvalue weighted by molar-refractivity contribution is 0.138. The van der Waals surface area contributed by atoms with Crippen molar-refractivity contribution in [2.24, 2.45) is 11.7 Å². The van der Waals surface area contributed by atoms with E-state index in [4.69, 9.17) is 5.73 Å². The average molecular weight is 185 g/mol. The van der Waals surface area contributed by atoms with Gasteiger partial charge in [-0.2, -0.15) is 0 Å². The number of amides is 1. The van der Waals surface area contributed by atoms with Crippen molar-refractivity contribution in [3.63, 3.8) is 0 Å². The molecule has 0 saturated carbocycles. The van der Waals surface area contributed by atoms with Gasteiger partial charge in [0.25, 0.3) is 0 Å². The third-order valence-corrected chi connectivity index (χ3v) is 1.72. The second-order valence-corrected chi connectivity index (χ2v) is 3.59. The van der Waals surface area contributed by atoms with Crippen molar-refractivity contribution in [2.45, 2.75) is 33.6 Å². The summed E-state index contributed by atoms with van der Waals surface area (Å²) in [6.45, 7) is 6.61. The van der Waals surface area contributed by atoms with E-state index in [0.717, 1.165) is 12.8 Å². The number of carbonyl (C=O) groups excluding carboxylic acids is 1. The molecule has 76 valence electrons. The Bertz CT molecular complexity index is 183. The quantitative estimate of drug-likeness (QED) is 0.669. The van der Waals surface area contributed by atoms with Crippen LogP contribution in [0.5, 0.6) is 0 Å². The van der Waals surface area contributed by atoms with Gasteiger partial charge in [0.05, 0.1) is 6.61 Å². The number of hydrogen-bond acceptors (Lipinski definition) is 2. The predicted octanol–water partition coefficient (Wildman–Crippen LogP) is 2.46. The molecule has 1 unspecified atom stereocenters. The SMILES string of the molecule is CC(C)=CCCC(C)COC(N)=O. The average Bonchev–Trinajstić information content (AvgIpc) is 2.00. The van der Waals surface area contributed by atoms with Crippen LogP contribution in [-0.2, 0) is 4.74 Å². The van der Waals surface area contributed by atoms with Crippen LogP contribution in [0.1, 0.15) is 33.6 Å². The molecule has 0 aliphatic rings. The largest absolute Gasteiger partial charge is 0.449 e. The van der Waals surface area contributed by atoms with Gasteiger partial charge >= 0.3 is 6.09 Å². The molecule has 0 rings (SSSR count). The third kappa shape index (κ3) is 8.92. The molecule has 3 heteroatoms. The van der Waals surface area contributed by atoms with Crippen molar-refractivity contribution in [1.82, 2.24) is 0 Å². The lowest BCUT2D eigenvalue weighted by Crippen LogP contribution is -2.17. The van der Waals surface area contributed by atoms with Crippen molar-refractivity contribution in [1.29, 1.82) is 0 Å². The zero-order valence-corrected chi connectivity index (χ0v) is 8.67. The molecular formula is C10H19NO2. The Morgan fingerprint density at radius 2 is 2.15 bits per heavy atom. The number of hydrogen-bond donors (Lipinski definition) is 1. The highest BCUT2D eigenvalue weighted by molar-refractivity contribution is 5.64. The van der Waals surface area contributed by atoms with Gasteiger partial charge in [0, 0.05) is 0 Å². The van der Waals surface area contributed by atoms with E-state index in [9.17, 15) is 4.79 Å². The van der Waals surface area contributed by atoms with E-state index in [0.29, 0.717) is 12.5 Å². The molecule has 0 aliphatic heterocycles. The summed E-state index contributed by atoms with van der Waals surface area (Å²) >= 11 is 0. The van der Waals surface area contributed by atoms with Crippen molar-refractivity contribution < 1.29 is 9.53 Å². The third-order valence-electron chi connectivity index (χ3n) is 1.72. The normalized spacial score (nSPS) is 11.9. The molecule has 0 saturated heterocycles. The zero-order valence-electron chi connectivity index (χ0n) is 8.67. The fraction of sp³-hybridized carbons (Fsp3) is 0.700. The number of nitrogens with two attached hydrogens (primary N) is 1. The molecule has 0 spiro atoms. The van der Waals surface area contributed by atoms with Gasteiger partial charge < -0.3 is 10.5 Å². The highest BCUT2D eigenvalue weighted by atomic mass is 16.5. The number of ether oxygens (including phenoxy) is 1. The summed E-state index contributed by atoms with van der Waals surface area (Å²) in [6, 6.07) is 0. The van der Waals surface area contributed by atoms with Crippen molar-refractivity contribution in [3.8, 4) is 0 Å². The molecule has 0 aromatic heterocycles. The smallest absolute Gasteiger partial charge is 0.404 e.